The monoisotopic (exact) mass is 264 g/mol. The number of ether oxygens (including phenoxy) is 1. The van der Waals surface area contributed by atoms with Crippen molar-refractivity contribution in [2.75, 3.05) is 0 Å². The van der Waals surface area contributed by atoms with Gasteiger partial charge >= 0.3 is 5.97 Å². The molecule has 1 aromatic carbocycles. The molecule has 88 valence electrons. The molecule has 5 heteroatoms. The van der Waals surface area contributed by atoms with E-state index < -0.39 is 17.4 Å². The molecule has 0 N–H and O–H groups in total. The number of benzene rings is 1. The van der Waals surface area contributed by atoms with Crippen LogP contribution in [-0.2, 0) is 4.74 Å². The molecule has 0 aliphatic heterocycles. The molecule has 0 unspecified atom stereocenters. The predicted octanol–water partition coefficient (Wildman–Crippen LogP) is 4.09. The zero-order valence-electron chi connectivity index (χ0n) is 9.11. The Bertz CT molecular complexity index is 425. The topological polar surface area (TPSA) is 26.3 Å². The van der Waals surface area contributed by atoms with Crippen LogP contribution >= 0.6 is 23.2 Å². The van der Waals surface area contributed by atoms with E-state index in [1.54, 1.807) is 20.8 Å². The van der Waals surface area contributed by atoms with Crippen LogP contribution in [0, 0.1) is 5.82 Å². The summed E-state index contributed by atoms with van der Waals surface area (Å²) in [5.74, 6) is -1.60. The lowest BCUT2D eigenvalue weighted by atomic mass is 10.1. The lowest BCUT2D eigenvalue weighted by Gasteiger charge is -2.19. The normalized spacial score (nSPS) is 11.4. The zero-order valence-corrected chi connectivity index (χ0v) is 10.6. The number of carbonyl (C=O) groups is 1. The number of carbonyl (C=O) groups excluding carboxylic acids is 1. The Morgan fingerprint density at radius 3 is 2.38 bits per heavy atom. The molecule has 0 fully saturated rings. The van der Waals surface area contributed by atoms with Gasteiger partial charge in [0.1, 0.15) is 5.60 Å². The second-order valence-corrected chi connectivity index (χ2v) is 5.09. The summed E-state index contributed by atoms with van der Waals surface area (Å²) in [5, 5.41) is -0.0133. The minimum atomic E-state index is -0.819. The molecule has 0 saturated heterocycles. The summed E-state index contributed by atoms with van der Waals surface area (Å²) < 4.78 is 18.5. The third-order valence-electron chi connectivity index (χ3n) is 1.61. The minimum Gasteiger partial charge on any atom is -0.456 e. The molecular formula is C11H11Cl2FO2. The lowest BCUT2D eigenvalue weighted by Crippen LogP contribution is -2.24. The van der Waals surface area contributed by atoms with Gasteiger partial charge in [0.15, 0.2) is 5.82 Å². The average molecular weight is 265 g/mol. The number of esters is 1. The Hall–Kier alpha value is -0.800. The van der Waals surface area contributed by atoms with Gasteiger partial charge in [-0.2, -0.15) is 0 Å². The van der Waals surface area contributed by atoms with Crippen LogP contribution in [0.5, 0.6) is 0 Å². The predicted molar refractivity (Wildman–Crippen MR) is 61.6 cm³/mol. The van der Waals surface area contributed by atoms with Crippen molar-refractivity contribution in [2.24, 2.45) is 0 Å². The van der Waals surface area contributed by atoms with Crippen molar-refractivity contribution >= 4 is 29.2 Å². The maximum absolute atomic E-state index is 13.5. The van der Waals surface area contributed by atoms with Gasteiger partial charge in [-0.05, 0) is 32.9 Å². The summed E-state index contributed by atoms with van der Waals surface area (Å²) in [6, 6.07) is 2.42. The lowest BCUT2D eigenvalue weighted by molar-refractivity contribution is 0.00647. The van der Waals surface area contributed by atoms with Gasteiger partial charge in [-0.25, -0.2) is 9.18 Å². The molecule has 1 rings (SSSR count). The molecule has 1 aromatic rings. The van der Waals surface area contributed by atoms with Crippen LogP contribution in [0.2, 0.25) is 10.0 Å². The van der Waals surface area contributed by atoms with E-state index in [2.05, 4.69) is 0 Å². The van der Waals surface area contributed by atoms with Crippen LogP contribution < -0.4 is 0 Å². The van der Waals surface area contributed by atoms with E-state index in [4.69, 9.17) is 27.9 Å². The molecule has 0 heterocycles. The fourth-order valence-corrected chi connectivity index (χ4v) is 1.53. The first kappa shape index (κ1) is 13.3. The van der Waals surface area contributed by atoms with Gasteiger partial charge in [-0.15, -0.1) is 0 Å². The van der Waals surface area contributed by atoms with Crippen molar-refractivity contribution < 1.29 is 13.9 Å². The molecule has 0 aromatic heterocycles. The summed E-state index contributed by atoms with van der Waals surface area (Å²) in [6.45, 7) is 5.07. The maximum atomic E-state index is 13.5. The minimum absolute atomic E-state index is 0.187. The smallest absolute Gasteiger partial charge is 0.341 e. The Kier molecular flexibility index (Phi) is 3.81. The van der Waals surface area contributed by atoms with E-state index >= 15 is 0 Å². The van der Waals surface area contributed by atoms with Crippen molar-refractivity contribution in [3.63, 3.8) is 0 Å². The molecule has 2 nitrogen and oxygen atoms in total. The van der Waals surface area contributed by atoms with Crippen LogP contribution in [0.1, 0.15) is 31.1 Å². The molecule has 0 atom stereocenters. The highest BCUT2D eigenvalue weighted by Crippen LogP contribution is 2.25. The van der Waals surface area contributed by atoms with E-state index in [-0.39, 0.29) is 15.6 Å². The third kappa shape index (κ3) is 3.35. The SMILES string of the molecule is CC(C)(C)OC(=O)c1cc(Cl)cc(Cl)c1F. The number of rotatable bonds is 1. The summed E-state index contributed by atoms with van der Waals surface area (Å²) in [4.78, 5) is 11.6. The van der Waals surface area contributed by atoms with Gasteiger partial charge in [-0.3, -0.25) is 0 Å². The Balaban J connectivity index is 3.09. The van der Waals surface area contributed by atoms with Gasteiger partial charge in [-0.1, -0.05) is 23.2 Å². The molecule has 0 bridgehead atoms. The molecule has 0 aliphatic rings. The molecule has 0 radical (unpaired) electrons. The van der Waals surface area contributed by atoms with E-state index in [0.29, 0.717) is 0 Å². The van der Waals surface area contributed by atoms with E-state index in [1.807, 2.05) is 0 Å². The fraction of sp³-hybridized carbons (Fsp3) is 0.364. The first-order valence-corrected chi connectivity index (χ1v) is 5.34. The number of hydrogen-bond donors (Lipinski definition) is 0. The van der Waals surface area contributed by atoms with Crippen molar-refractivity contribution in [2.45, 2.75) is 26.4 Å². The van der Waals surface area contributed by atoms with Crippen molar-refractivity contribution in [3.8, 4) is 0 Å². The van der Waals surface area contributed by atoms with Gasteiger partial charge < -0.3 is 4.74 Å². The molecular weight excluding hydrogens is 254 g/mol. The number of hydrogen-bond acceptors (Lipinski definition) is 2. The average Bonchev–Trinajstić information content (AvgIpc) is 2.08. The van der Waals surface area contributed by atoms with Crippen LogP contribution in [0.3, 0.4) is 0 Å². The van der Waals surface area contributed by atoms with Gasteiger partial charge in [0, 0.05) is 5.02 Å². The largest absolute Gasteiger partial charge is 0.456 e. The Morgan fingerprint density at radius 2 is 1.88 bits per heavy atom. The van der Waals surface area contributed by atoms with E-state index in [0.717, 1.165) is 0 Å². The maximum Gasteiger partial charge on any atom is 0.341 e. The Labute approximate surface area is 103 Å². The second kappa shape index (κ2) is 4.60. The highest BCUT2D eigenvalue weighted by atomic mass is 35.5. The summed E-state index contributed by atoms with van der Waals surface area (Å²) in [6.07, 6.45) is 0. The van der Waals surface area contributed by atoms with Gasteiger partial charge in [0.25, 0.3) is 0 Å². The summed E-state index contributed by atoms with van der Waals surface area (Å²) >= 11 is 11.2. The van der Waals surface area contributed by atoms with Crippen LogP contribution in [0.25, 0.3) is 0 Å². The van der Waals surface area contributed by atoms with Crippen LogP contribution in [0.4, 0.5) is 4.39 Å². The molecule has 0 aliphatic carbocycles. The molecule has 0 spiro atoms. The van der Waals surface area contributed by atoms with Crippen molar-refractivity contribution in [1.29, 1.82) is 0 Å². The number of halogens is 3. The Morgan fingerprint density at radius 1 is 1.31 bits per heavy atom. The summed E-state index contributed by atoms with van der Waals surface area (Å²) in [5.41, 5.74) is -0.953. The highest BCUT2D eigenvalue weighted by Gasteiger charge is 2.22. The standard InChI is InChI=1S/C11H11Cl2FO2/c1-11(2,3)16-10(15)7-4-6(12)5-8(13)9(7)14/h4-5H,1-3H3. The van der Waals surface area contributed by atoms with Gasteiger partial charge in [0.2, 0.25) is 0 Å². The van der Waals surface area contributed by atoms with E-state index in [1.165, 1.54) is 12.1 Å². The van der Waals surface area contributed by atoms with Crippen LogP contribution in [0.15, 0.2) is 12.1 Å². The zero-order chi connectivity index (χ0) is 12.5. The molecule has 0 saturated carbocycles. The van der Waals surface area contributed by atoms with Crippen molar-refractivity contribution in [3.05, 3.63) is 33.6 Å². The first-order valence-electron chi connectivity index (χ1n) is 4.58. The third-order valence-corrected chi connectivity index (χ3v) is 2.11. The van der Waals surface area contributed by atoms with E-state index in [9.17, 15) is 9.18 Å². The molecule has 16 heavy (non-hydrogen) atoms. The van der Waals surface area contributed by atoms with Crippen molar-refractivity contribution in [1.82, 2.24) is 0 Å². The second-order valence-electron chi connectivity index (χ2n) is 4.25. The first-order chi connectivity index (χ1) is 7.20. The van der Waals surface area contributed by atoms with Crippen LogP contribution in [-0.4, -0.2) is 11.6 Å². The highest BCUT2D eigenvalue weighted by molar-refractivity contribution is 6.35. The molecule has 0 amide bonds. The summed E-state index contributed by atoms with van der Waals surface area (Å²) in [7, 11) is 0. The van der Waals surface area contributed by atoms with Gasteiger partial charge in [0.05, 0.1) is 10.6 Å². The quantitative estimate of drug-likeness (QED) is 0.564. The fourth-order valence-electron chi connectivity index (χ4n) is 1.04.